The summed E-state index contributed by atoms with van der Waals surface area (Å²) in [7, 11) is 2.15. The Hall–Kier alpha value is -2.18. The first-order chi connectivity index (χ1) is 12.7. The molecule has 1 fully saturated rings. The molecule has 140 valence electrons. The molecule has 0 bridgehead atoms. The van der Waals surface area contributed by atoms with Gasteiger partial charge in [0.2, 0.25) is 5.95 Å². The summed E-state index contributed by atoms with van der Waals surface area (Å²) in [6.07, 6.45) is 1.09. The van der Waals surface area contributed by atoms with Crippen molar-refractivity contribution >= 4 is 11.8 Å². The second-order valence-corrected chi connectivity index (χ2v) is 6.67. The highest BCUT2D eigenvalue weighted by atomic mass is 15.3. The van der Waals surface area contributed by atoms with Crippen LogP contribution < -0.4 is 16.0 Å². The van der Waals surface area contributed by atoms with E-state index in [1.807, 2.05) is 13.8 Å². The number of nitrogen functional groups attached to an aromatic ring is 1. The third-order valence-electron chi connectivity index (χ3n) is 4.95. The van der Waals surface area contributed by atoms with Crippen molar-refractivity contribution in [1.82, 2.24) is 20.2 Å². The van der Waals surface area contributed by atoms with Crippen molar-refractivity contribution in [2.75, 3.05) is 50.4 Å². The summed E-state index contributed by atoms with van der Waals surface area (Å²) >= 11 is 0. The summed E-state index contributed by atoms with van der Waals surface area (Å²) in [5, 5.41) is 3.43. The Balaban J connectivity index is 0.000000948. The maximum Gasteiger partial charge on any atom is 0.222 e. The molecule has 1 aromatic carbocycles. The second kappa shape index (κ2) is 8.47. The number of nitrogens with zero attached hydrogens (tertiary/aromatic N) is 4. The minimum Gasteiger partial charge on any atom is -0.368 e. The number of benzene rings is 1. The van der Waals surface area contributed by atoms with Crippen LogP contribution in [0.5, 0.6) is 0 Å². The van der Waals surface area contributed by atoms with Crippen LogP contribution in [0.3, 0.4) is 0 Å². The van der Waals surface area contributed by atoms with E-state index < -0.39 is 0 Å². The van der Waals surface area contributed by atoms with Crippen LogP contribution in [0.15, 0.2) is 24.3 Å². The van der Waals surface area contributed by atoms with Gasteiger partial charge in [-0.1, -0.05) is 26.0 Å². The number of rotatable bonds is 2. The molecule has 0 atom stereocenters. The Labute approximate surface area is 156 Å². The van der Waals surface area contributed by atoms with E-state index in [2.05, 4.69) is 56.4 Å². The van der Waals surface area contributed by atoms with Crippen molar-refractivity contribution in [2.45, 2.75) is 26.8 Å². The van der Waals surface area contributed by atoms with Gasteiger partial charge in [0.25, 0.3) is 0 Å². The summed E-state index contributed by atoms with van der Waals surface area (Å²) in [4.78, 5) is 13.6. The Morgan fingerprint density at radius 2 is 1.77 bits per heavy atom. The van der Waals surface area contributed by atoms with E-state index in [1.54, 1.807) is 0 Å². The molecule has 0 spiro atoms. The molecule has 2 aliphatic rings. The summed E-state index contributed by atoms with van der Waals surface area (Å²) < 4.78 is 0. The number of piperazine rings is 1. The third kappa shape index (κ3) is 4.14. The van der Waals surface area contributed by atoms with Gasteiger partial charge < -0.3 is 20.9 Å². The van der Waals surface area contributed by atoms with E-state index in [9.17, 15) is 0 Å². The highest BCUT2D eigenvalue weighted by Crippen LogP contribution is 2.26. The fourth-order valence-electron chi connectivity index (χ4n) is 3.44. The van der Waals surface area contributed by atoms with Crippen LogP contribution in [-0.4, -0.2) is 54.6 Å². The lowest BCUT2D eigenvalue weighted by molar-refractivity contribution is 0.312. The molecule has 0 radical (unpaired) electrons. The lowest BCUT2D eigenvalue weighted by atomic mass is 9.97. The molecule has 2 aliphatic heterocycles. The summed E-state index contributed by atoms with van der Waals surface area (Å²) in [5.74, 6) is 1.28. The zero-order valence-corrected chi connectivity index (χ0v) is 16.1. The molecule has 0 saturated carbocycles. The van der Waals surface area contributed by atoms with E-state index in [1.165, 1.54) is 11.1 Å². The van der Waals surface area contributed by atoms with Gasteiger partial charge in [-0.25, -0.2) is 4.98 Å². The van der Waals surface area contributed by atoms with Gasteiger partial charge in [-0.2, -0.15) is 4.98 Å². The first-order valence-corrected chi connectivity index (χ1v) is 9.60. The largest absolute Gasteiger partial charge is 0.368 e. The van der Waals surface area contributed by atoms with E-state index in [0.29, 0.717) is 5.95 Å². The van der Waals surface area contributed by atoms with Crippen molar-refractivity contribution in [2.24, 2.45) is 0 Å². The van der Waals surface area contributed by atoms with Crippen molar-refractivity contribution in [1.29, 1.82) is 0 Å². The van der Waals surface area contributed by atoms with Gasteiger partial charge in [0.1, 0.15) is 5.82 Å². The van der Waals surface area contributed by atoms with Crippen LogP contribution in [0.1, 0.15) is 25.0 Å². The average molecular weight is 355 g/mol. The SMILES string of the molecule is CC.CN1CCN(c2cc(-c3ccc4c(c3)CNCC4)nc(N)n2)CC1. The number of anilines is 2. The van der Waals surface area contributed by atoms with Crippen LogP contribution in [-0.2, 0) is 13.0 Å². The number of aromatic nitrogens is 2. The molecule has 26 heavy (non-hydrogen) atoms. The normalized spacial score (nSPS) is 17.3. The zero-order valence-electron chi connectivity index (χ0n) is 16.1. The van der Waals surface area contributed by atoms with Gasteiger partial charge in [-0.15, -0.1) is 0 Å². The monoisotopic (exact) mass is 354 g/mol. The lowest BCUT2D eigenvalue weighted by Crippen LogP contribution is -2.44. The van der Waals surface area contributed by atoms with E-state index >= 15 is 0 Å². The lowest BCUT2D eigenvalue weighted by Gasteiger charge is -2.33. The zero-order chi connectivity index (χ0) is 18.5. The smallest absolute Gasteiger partial charge is 0.222 e. The fourth-order valence-corrected chi connectivity index (χ4v) is 3.44. The maximum absolute atomic E-state index is 6.00. The van der Waals surface area contributed by atoms with Crippen molar-refractivity contribution in [3.8, 4) is 11.3 Å². The van der Waals surface area contributed by atoms with Crippen LogP contribution >= 0.6 is 0 Å². The highest BCUT2D eigenvalue weighted by Gasteiger charge is 2.17. The first-order valence-electron chi connectivity index (χ1n) is 9.60. The van der Waals surface area contributed by atoms with Crippen LogP contribution in [0.4, 0.5) is 11.8 Å². The number of fused-ring (bicyclic) bond motifs is 1. The maximum atomic E-state index is 6.00. The van der Waals surface area contributed by atoms with Crippen molar-refractivity contribution < 1.29 is 0 Å². The number of nitrogens with two attached hydrogens (primary N) is 1. The van der Waals surface area contributed by atoms with Crippen LogP contribution in [0, 0.1) is 0 Å². The van der Waals surface area contributed by atoms with E-state index in [-0.39, 0.29) is 0 Å². The molecule has 6 heteroatoms. The molecule has 3 heterocycles. The minimum atomic E-state index is 0.345. The molecule has 1 saturated heterocycles. The number of hydrogen-bond acceptors (Lipinski definition) is 6. The Morgan fingerprint density at radius 1 is 1.00 bits per heavy atom. The molecule has 6 nitrogen and oxygen atoms in total. The summed E-state index contributed by atoms with van der Waals surface area (Å²) in [6, 6.07) is 8.68. The average Bonchev–Trinajstić information content (AvgIpc) is 2.69. The van der Waals surface area contributed by atoms with Gasteiger partial charge in [0, 0.05) is 44.4 Å². The molecule has 3 N–H and O–H groups in total. The predicted octanol–water partition coefficient (Wildman–Crippen LogP) is 2.15. The van der Waals surface area contributed by atoms with E-state index in [0.717, 1.165) is 62.8 Å². The molecular weight excluding hydrogens is 324 g/mol. The topological polar surface area (TPSA) is 70.3 Å². The van der Waals surface area contributed by atoms with Gasteiger partial charge in [-0.05, 0) is 37.2 Å². The third-order valence-corrected chi connectivity index (χ3v) is 4.95. The summed E-state index contributed by atoms with van der Waals surface area (Å²) in [6.45, 7) is 10.0. The standard InChI is InChI=1S/C18H24N6.C2H6/c1-23-6-8-24(9-7-23)17-11-16(21-18(19)22-17)14-3-2-13-4-5-20-12-15(13)10-14;1-2/h2-3,10-11,20H,4-9,12H2,1H3,(H2,19,21,22);1-2H3. The van der Waals surface area contributed by atoms with Gasteiger partial charge >= 0.3 is 0 Å². The van der Waals surface area contributed by atoms with Gasteiger partial charge in [-0.3, -0.25) is 0 Å². The first kappa shape index (κ1) is 18.6. The predicted molar refractivity (Wildman–Crippen MR) is 108 cm³/mol. The van der Waals surface area contributed by atoms with Crippen LogP contribution in [0.25, 0.3) is 11.3 Å². The number of hydrogen-bond donors (Lipinski definition) is 2. The summed E-state index contributed by atoms with van der Waals surface area (Å²) in [5.41, 5.74) is 10.8. The van der Waals surface area contributed by atoms with Gasteiger partial charge in [0.05, 0.1) is 5.69 Å². The molecule has 0 amide bonds. The van der Waals surface area contributed by atoms with Crippen LogP contribution in [0.2, 0.25) is 0 Å². The van der Waals surface area contributed by atoms with E-state index in [4.69, 9.17) is 5.73 Å². The minimum absolute atomic E-state index is 0.345. The molecule has 0 aliphatic carbocycles. The quantitative estimate of drug-likeness (QED) is 0.861. The Bertz CT molecular complexity index is 737. The Morgan fingerprint density at radius 3 is 2.54 bits per heavy atom. The molecule has 4 rings (SSSR count). The highest BCUT2D eigenvalue weighted by molar-refractivity contribution is 5.66. The Kier molecular flexibility index (Phi) is 6.06. The van der Waals surface area contributed by atoms with Crippen molar-refractivity contribution in [3.63, 3.8) is 0 Å². The fraction of sp³-hybridized carbons (Fsp3) is 0.500. The molecular formula is C20H30N6. The number of likely N-dealkylation sites (N-methyl/N-ethyl adjacent to an activating group) is 1. The van der Waals surface area contributed by atoms with Gasteiger partial charge in [0.15, 0.2) is 0 Å². The molecule has 0 unspecified atom stereocenters. The number of nitrogens with one attached hydrogen (secondary N) is 1. The molecule has 1 aromatic heterocycles. The second-order valence-electron chi connectivity index (χ2n) is 6.67. The van der Waals surface area contributed by atoms with Crippen molar-refractivity contribution in [3.05, 3.63) is 35.4 Å². The molecule has 2 aromatic rings.